The molecule has 0 radical (unpaired) electrons. The molecule has 1 N–H and O–H groups in total. The van der Waals surface area contributed by atoms with Gasteiger partial charge in [-0.2, -0.15) is 0 Å². The Hall–Kier alpha value is -2.50. The first-order valence-corrected chi connectivity index (χ1v) is 10.1. The Balaban J connectivity index is 1.34. The highest BCUT2D eigenvalue weighted by Crippen LogP contribution is 2.37. The molecule has 28 heavy (non-hydrogen) atoms. The molecule has 0 amide bonds. The molecular formula is C23H25FN4. The van der Waals surface area contributed by atoms with Crippen molar-refractivity contribution in [1.29, 1.82) is 0 Å². The number of aromatic nitrogens is 2. The summed E-state index contributed by atoms with van der Waals surface area (Å²) >= 11 is 0. The Bertz CT molecular complexity index is 940. The van der Waals surface area contributed by atoms with Crippen LogP contribution in [0.3, 0.4) is 0 Å². The molecule has 1 aromatic heterocycles. The van der Waals surface area contributed by atoms with E-state index in [2.05, 4.69) is 45.1 Å². The van der Waals surface area contributed by atoms with Gasteiger partial charge >= 0.3 is 0 Å². The van der Waals surface area contributed by atoms with Gasteiger partial charge in [-0.1, -0.05) is 42.5 Å². The molecule has 1 fully saturated rings. The lowest BCUT2D eigenvalue weighted by molar-refractivity contribution is 0.109. The molecular weight excluding hydrogens is 351 g/mol. The van der Waals surface area contributed by atoms with E-state index in [4.69, 9.17) is 4.98 Å². The van der Waals surface area contributed by atoms with Crippen LogP contribution < -0.4 is 5.32 Å². The highest BCUT2D eigenvalue weighted by molar-refractivity contribution is 5.59. The van der Waals surface area contributed by atoms with Gasteiger partial charge in [-0.25, -0.2) is 9.37 Å². The number of halogens is 1. The molecule has 3 aromatic rings. The number of imidazole rings is 1. The lowest BCUT2D eigenvalue weighted by Gasteiger charge is -2.44. The largest absolute Gasteiger partial charge is 0.325 e. The summed E-state index contributed by atoms with van der Waals surface area (Å²) in [6.45, 7) is 4.83. The summed E-state index contributed by atoms with van der Waals surface area (Å²) in [5.41, 5.74) is 3.57. The van der Waals surface area contributed by atoms with Crippen LogP contribution in [0, 0.1) is 5.82 Å². The van der Waals surface area contributed by atoms with Crippen LogP contribution in [0.4, 0.5) is 4.39 Å². The summed E-state index contributed by atoms with van der Waals surface area (Å²) in [5.74, 6) is 1.01. The molecule has 2 aliphatic rings. The van der Waals surface area contributed by atoms with Gasteiger partial charge in [0.25, 0.3) is 0 Å². The predicted octanol–water partition coefficient (Wildman–Crippen LogP) is 3.78. The molecule has 144 valence electrons. The predicted molar refractivity (Wildman–Crippen MR) is 108 cm³/mol. The number of hydrogen-bond acceptors (Lipinski definition) is 3. The van der Waals surface area contributed by atoms with Crippen molar-refractivity contribution in [2.24, 2.45) is 0 Å². The van der Waals surface area contributed by atoms with Gasteiger partial charge in [-0.15, -0.1) is 0 Å². The molecule has 0 atom stereocenters. The monoisotopic (exact) mass is 376 g/mol. The number of benzene rings is 2. The van der Waals surface area contributed by atoms with Crippen molar-refractivity contribution in [3.05, 3.63) is 78.0 Å². The van der Waals surface area contributed by atoms with Crippen molar-refractivity contribution < 1.29 is 4.39 Å². The first kappa shape index (κ1) is 17.6. The third-order valence-electron chi connectivity index (χ3n) is 6.18. The molecule has 5 heteroatoms. The summed E-state index contributed by atoms with van der Waals surface area (Å²) in [4.78, 5) is 7.33. The fourth-order valence-electron chi connectivity index (χ4n) is 4.65. The standard InChI is InChI=1S/C23H25FN4/c24-20-8-6-18(7-9-20)17-27-13-10-23(11-14-27)22-25-16-21(28(22)15-12-26-23)19-4-2-1-3-5-19/h1-9,16,26H,10-15,17H2. The summed E-state index contributed by atoms with van der Waals surface area (Å²) in [6.07, 6.45) is 4.11. The average molecular weight is 376 g/mol. The average Bonchev–Trinajstić information content (AvgIpc) is 3.18. The highest BCUT2D eigenvalue weighted by atomic mass is 19.1. The number of fused-ring (bicyclic) bond motifs is 2. The maximum atomic E-state index is 13.1. The highest BCUT2D eigenvalue weighted by Gasteiger charge is 2.41. The first-order valence-electron chi connectivity index (χ1n) is 10.1. The van der Waals surface area contributed by atoms with Crippen LogP contribution in [-0.2, 0) is 18.6 Å². The topological polar surface area (TPSA) is 33.1 Å². The van der Waals surface area contributed by atoms with Crippen molar-refractivity contribution in [1.82, 2.24) is 19.8 Å². The Kier molecular flexibility index (Phi) is 4.49. The molecule has 0 saturated carbocycles. The quantitative estimate of drug-likeness (QED) is 0.755. The van der Waals surface area contributed by atoms with E-state index >= 15 is 0 Å². The van der Waals surface area contributed by atoms with Crippen molar-refractivity contribution in [3.63, 3.8) is 0 Å². The van der Waals surface area contributed by atoms with Crippen molar-refractivity contribution in [3.8, 4) is 11.3 Å². The number of hydrogen-bond donors (Lipinski definition) is 1. The van der Waals surface area contributed by atoms with Gasteiger partial charge in [0.05, 0.1) is 17.4 Å². The second kappa shape index (κ2) is 7.15. The van der Waals surface area contributed by atoms with Crippen molar-refractivity contribution >= 4 is 0 Å². The molecule has 2 aliphatic heterocycles. The number of nitrogens with one attached hydrogen (secondary N) is 1. The number of nitrogens with zero attached hydrogens (tertiary/aromatic N) is 3. The van der Waals surface area contributed by atoms with E-state index in [9.17, 15) is 4.39 Å². The van der Waals surface area contributed by atoms with Gasteiger partial charge in [-0.3, -0.25) is 4.90 Å². The Morgan fingerprint density at radius 1 is 0.964 bits per heavy atom. The third-order valence-corrected chi connectivity index (χ3v) is 6.18. The molecule has 2 aromatic carbocycles. The van der Waals surface area contributed by atoms with E-state index in [0.717, 1.165) is 45.6 Å². The van der Waals surface area contributed by atoms with Gasteiger partial charge in [0.1, 0.15) is 11.6 Å². The summed E-state index contributed by atoms with van der Waals surface area (Å²) in [7, 11) is 0. The maximum absolute atomic E-state index is 13.1. The zero-order chi connectivity index (χ0) is 19.0. The second-order valence-electron chi connectivity index (χ2n) is 7.90. The van der Waals surface area contributed by atoms with Crippen molar-refractivity contribution in [2.45, 2.75) is 31.5 Å². The van der Waals surface area contributed by atoms with Crippen LogP contribution in [-0.4, -0.2) is 34.1 Å². The molecule has 0 unspecified atom stereocenters. The van der Waals surface area contributed by atoms with Crippen LogP contribution in [0.2, 0.25) is 0 Å². The maximum Gasteiger partial charge on any atom is 0.129 e. The molecule has 5 rings (SSSR count). The molecule has 0 aliphatic carbocycles. The lowest BCUT2D eigenvalue weighted by Crippen LogP contribution is -2.55. The minimum atomic E-state index is -0.172. The van der Waals surface area contributed by atoms with Crippen LogP contribution in [0.1, 0.15) is 24.2 Å². The summed E-state index contributed by atoms with van der Waals surface area (Å²) in [5, 5.41) is 3.79. The fourth-order valence-corrected chi connectivity index (χ4v) is 4.65. The molecule has 1 spiro atoms. The van der Waals surface area contributed by atoms with E-state index < -0.39 is 0 Å². The fraction of sp³-hybridized carbons (Fsp3) is 0.348. The van der Waals surface area contributed by atoms with Gasteiger partial charge in [-0.05, 0) is 36.1 Å². The first-order chi connectivity index (χ1) is 13.7. The molecule has 3 heterocycles. The normalized spacial score (nSPS) is 18.9. The van der Waals surface area contributed by atoms with Crippen LogP contribution in [0.15, 0.2) is 60.8 Å². The number of likely N-dealkylation sites (tertiary alicyclic amines) is 1. The summed E-state index contributed by atoms with van der Waals surface area (Å²) < 4.78 is 15.5. The third kappa shape index (κ3) is 3.15. The summed E-state index contributed by atoms with van der Waals surface area (Å²) in [6, 6.07) is 17.4. The smallest absolute Gasteiger partial charge is 0.129 e. The SMILES string of the molecule is Fc1ccc(CN2CCC3(CC2)NCCn2c(-c4ccccc4)cnc23)cc1. The van der Waals surface area contributed by atoms with E-state index in [1.54, 1.807) is 12.1 Å². The van der Waals surface area contributed by atoms with Gasteiger partial charge in [0, 0.05) is 32.7 Å². The zero-order valence-electron chi connectivity index (χ0n) is 15.9. The van der Waals surface area contributed by atoms with Gasteiger partial charge in [0.15, 0.2) is 0 Å². The molecule has 4 nitrogen and oxygen atoms in total. The number of piperidine rings is 1. The molecule has 0 bridgehead atoms. The van der Waals surface area contributed by atoms with Gasteiger partial charge < -0.3 is 9.88 Å². The lowest BCUT2D eigenvalue weighted by atomic mass is 9.85. The van der Waals surface area contributed by atoms with E-state index in [-0.39, 0.29) is 11.4 Å². The van der Waals surface area contributed by atoms with Crippen LogP contribution in [0.5, 0.6) is 0 Å². The van der Waals surface area contributed by atoms with E-state index in [1.165, 1.54) is 22.6 Å². The Morgan fingerprint density at radius 2 is 1.71 bits per heavy atom. The van der Waals surface area contributed by atoms with Gasteiger partial charge in [0.2, 0.25) is 0 Å². The van der Waals surface area contributed by atoms with Crippen LogP contribution >= 0.6 is 0 Å². The van der Waals surface area contributed by atoms with Crippen LogP contribution in [0.25, 0.3) is 11.3 Å². The minimum absolute atomic E-state index is 0.0371. The van der Waals surface area contributed by atoms with E-state index in [1.807, 2.05) is 18.3 Å². The van der Waals surface area contributed by atoms with E-state index in [0.29, 0.717) is 0 Å². The minimum Gasteiger partial charge on any atom is -0.325 e. The molecule has 1 saturated heterocycles. The Labute approximate surface area is 165 Å². The van der Waals surface area contributed by atoms with Crippen molar-refractivity contribution in [2.75, 3.05) is 19.6 Å². The Morgan fingerprint density at radius 3 is 2.46 bits per heavy atom. The second-order valence-corrected chi connectivity index (χ2v) is 7.90. The number of rotatable bonds is 3. The zero-order valence-corrected chi connectivity index (χ0v) is 15.9.